The Morgan fingerprint density at radius 3 is 2.56 bits per heavy atom. The zero-order chi connectivity index (χ0) is 13.0. The molecule has 0 fully saturated rings. The Morgan fingerprint density at radius 2 is 2.06 bits per heavy atom. The van der Waals surface area contributed by atoms with Crippen molar-refractivity contribution in [2.75, 3.05) is 0 Å². The molecule has 1 aromatic carbocycles. The van der Waals surface area contributed by atoms with Crippen molar-refractivity contribution in [1.29, 1.82) is 0 Å². The first kappa shape index (κ1) is 12.7. The van der Waals surface area contributed by atoms with Crippen LogP contribution in [0.15, 0.2) is 30.6 Å². The van der Waals surface area contributed by atoms with Gasteiger partial charge in [-0.1, -0.05) is 31.2 Å². The largest absolute Gasteiger partial charge is 0.271 e. The first-order valence-electron chi connectivity index (χ1n) is 6.12. The van der Waals surface area contributed by atoms with Crippen LogP contribution in [0.2, 0.25) is 0 Å². The van der Waals surface area contributed by atoms with Gasteiger partial charge in [-0.2, -0.15) is 5.10 Å². The number of nitrogens with two attached hydrogens (primary N) is 1. The van der Waals surface area contributed by atoms with Crippen LogP contribution in [-0.4, -0.2) is 14.8 Å². The van der Waals surface area contributed by atoms with E-state index in [-0.39, 0.29) is 6.04 Å². The van der Waals surface area contributed by atoms with Crippen molar-refractivity contribution in [3.8, 4) is 0 Å². The summed E-state index contributed by atoms with van der Waals surface area (Å²) in [6, 6.07) is 8.55. The van der Waals surface area contributed by atoms with Crippen molar-refractivity contribution in [2.24, 2.45) is 12.9 Å². The number of nitrogens with one attached hydrogen (secondary N) is 1. The number of rotatable bonds is 5. The minimum absolute atomic E-state index is 0.0545. The average molecular weight is 245 g/mol. The fourth-order valence-electron chi connectivity index (χ4n) is 1.95. The molecule has 2 rings (SSSR count). The summed E-state index contributed by atoms with van der Waals surface area (Å²) in [4.78, 5) is 4.22. The van der Waals surface area contributed by atoms with Crippen LogP contribution in [0.25, 0.3) is 0 Å². The Bertz CT molecular complexity index is 488. The summed E-state index contributed by atoms with van der Waals surface area (Å²) >= 11 is 0. The van der Waals surface area contributed by atoms with Crippen LogP contribution in [0, 0.1) is 0 Å². The van der Waals surface area contributed by atoms with Crippen molar-refractivity contribution in [1.82, 2.24) is 20.2 Å². The summed E-state index contributed by atoms with van der Waals surface area (Å²) in [5.74, 6) is 6.55. The molecule has 1 heterocycles. The molecule has 0 radical (unpaired) electrons. The van der Waals surface area contributed by atoms with Gasteiger partial charge in [0.05, 0.1) is 6.04 Å². The van der Waals surface area contributed by atoms with Gasteiger partial charge in [0.25, 0.3) is 0 Å². The number of nitrogens with zero attached hydrogens (tertiary/aromatic N) is 3. The molecule has 0 spiro atoms. The Morgan fingerprint density at radius 1 is 1.33 bits per heavy atom. The molecule has 5 heteroatoms. The Balaban J connectivity index is 2.15. The van der Waals surface area contributed by atoms with Gasteiger partial charge in [-0.05, 0) is 17.5 Å². The third-order valence-corrected chi connectivity index (χ3v) is 3.18. The SMILES string of the molecule is CCc1ccc(C(Cc2ncnn2C)NN)cc1. The Labute approximate surface area is 107 Å². The van der Waals surface area contributed by atoms with Crippen molar-refractivity contribution in [3.05, 3.63) is 47.5 Å². The summed E-state index contributed by atoms with van der Waals surface area (Å²) in [5.41, 5.74) is 5.33. The molecule has 1 atom stereocenters. The minimum atomic E-state index is 0.0545. The molecule has 0 aliphatic rings. The lowest BCUT2D eigenvalue weighted by molar-refractivity contribution is 0.523. The van der Waals surface area contributed by atoms with Gasteiger partial charge >= 0.3 is 0 Å². The number of hydrogen-bond acceptors (Lipinski definition) is 4. The summed E-state index contributed by atoms with van der Waals surface area (Å²) in [7, 11) is 1.89. The van der Waals surface area contributed by atoms with E-state index in [9.17, 15) is 0 Å². The molecule has 0 aliphatic heterocycles. The van der Waals surface area contributed by atoms with Gasteiger partial charge in [0.2, 0.25) is 0 Å². The van der Waals surface area contributed by atoms with Gasteiger partial charge in [-0.3, -0.25) is 16.0 Å². The van der Waals surface area contributed by atoms with Gasteiger partial charge in [-0.15, -0.1) is 0 Å². The highest BCUT2D eigenvalue weighted by Crippen LogP contribution is 2.17. The van der Waals surface area contributed by atoms with Gasteiger partial charge in [0.1, 0.15) is 12.2 Å². The van der Waals surface area contributed by atoms with Crippen molar-refractivity contribution < 1.29 is 0 Å². The molecule has 1 unspecified atom stereocenters. The lowest BCUT2D eigenvalue weighted by atomic mass is 10.0. The third-order valence-electron chi connectivity index (χ3n) is 3.18. The van der Waals surface area contributed by atoms with Crippen LogP contribution in [0.4, 0.5) is 0 Å². The normalized spacial score (nSPS) is 12.6. The number of hydrazine groups is 1. The summed E-state index contributed by atoms with van der Waals surface area (Å²) in [5, 5.41) is 4.06. The maximum Gasteiger partial charge on any atom is 0.138 e. The Hall–Kier alpha value is -1.72. The molecule has 0 saturated carbocycles. The number of aromatic nitrogens is 3. The zero-order valence-corrected chi connectivity index (χ0v) is 10.8. The van der Waals surface area contributed by atoms with Gasteiger partial charge in [0, 0.05) is 13.5 Å². The maximum absolute atomic E-state index is 5.63. The highest BCUT2D eigenvalue weighted by Gasteiger charge is 2.13. The quantitative estimate of drug-likeness (QED) is 0.612. The second kappa shape index (κ2) is 5.75. The van der Waals surface area contributed by atoms with E-state index in [1.54, 1.807) is 11.0 Å². The van der Waals surface area contributed by atoms with Crippen LogP contribution in [0.5, 0.6) is 0 Å². The van der Waals surface area contributed by atoms with E-state index >= 15 is 0 Å². The molecule has 0 amide bonds. The molecule has 1 aromatic heterocycles. The highest BCUT2D eigenvalue weighted by atomic mass is 15.3. The molecular weight excluding hydrogens is 226 g/mol. The van der Waals surface area contributed by atoms with Crippen molar-refractivity contribution in [3.63, 3.8) is 0 Å². The fourth-order valence-corrected chi connectivity index (χ4v) is 1.95. The fraction of sp³-hybridized carbons (Fsp3) is 0.385. The first-order valence-corrected chi connectivity index (χ1v) is 6.12. The molecule has 2 aromatic rings. The topological polar surface area (TPSA) is 68.8 Å². The molecule has 18 heavy (non-hydrogen) atoms. The standard InChI is InChI=1S/C13H19N5/c1-3-10-4-6-11(7-5-10)12(17-14)8-13-15-9-16-18(13)2/h4-7,9,12,17H,3,8,14H2,1-2H3. The number of aryl methyl sites for hydroxylation is 2. The number of benzene rings is 1. The second-order valence-corrected chi connectivity index (χ2v) is 4.32. The molecule has 3 N–H and O–H groups in total. The summed E-state index contributed by atoms with van der Waals surface area (Å²) in [6.07, 6.45) is 3.33. The predicted octanol–water partition coefficient (Wildman–Crippen LogP) is 1.12. The van der Waals surface area contributed by atoms with Crippen molar-refractivity contribution >= 4 is 0 Å². The lowest BCUT2D eigenvalue weighted by Gasteiger charge is -2.16. The van der Waals surface area contributed by atoms with Crippen molar-refractivity contribution in [2.45, 2.75) is 25.8 Å². The van der Waals surface area contributed by atoms with Crippen LogP contribution in [0.1, 0.15) is 29.9 Å². The van der Waals surface area contributed by atoms with E-state index < -0.39 is 0 Å². The van der Waals surface area contributed by atoms with Crippen LogP contribution in [0.3, 0.4) is 0 Å². The molecule has 0 bridgehead atoms. The second-order valence-electron chi connectivity index (χ2n) is 4.32. The number of hydrogen-bond donors (Lipinski definition) is 2. The van der Waals surface area contributed by atoms with E-state index in [1.165, 1.54) is 5.56 Å². The van der Waals surface area contributed by atoms with Crippen LogP contribution >= 0.6 is 0 Å². The molecule has 5 nitrogen and oxygen atoms in total. The predicted molar refractivity (Wildman–Crippen MR) is 70.6 cm³/mol. The third kappa shape index (κ3) is 2.75. The minimum Gasteiger partial charge on any atom is -0.271 e. The van der Waals surface area contributed by atoms with Gasteiger partial charge in [-0.25, -0.2) is 4.98 Å². The average Bonchev–Trinajstić information content (AvgIpc) is 2.81. The molecular formula is C13H19N5. The zero-order valence-electron chi connectivity index (χ0n) is 10.8. The Kier molecular flexibility index (Phi) is 4.07. The van der Waals surface area contributed by atoms with Crippen LogP contribution in [-0.2, 0) is 19.9 Å². The van der Waals surface area contributed by atoms with E-state index in [0.717, 1.165) is 24.2 Å². The van der Waals surface area contributed by atoms with Gasteiger partial charge in [0.15, 0.2) is 0 Å². The molecule has 0 aliphatic carbocycles. The maximum atomic E-state index is 5.63. The smallest absolute Gasteiger partial charge is 0.138 e. The molecule has 96 valence electrons. The van der Waals surface area contributed by atoms with E-state index in [4.69, 9.17) is 5.84 Å². The summed E-state index contributed by atoms with van der Waals surface area (Å²) in [6.45, 7) is 2.15. The summed E-state index contributed by atoms with van der Waals surface area (Å²) < 4.78 is 1.77. The van der Waals surface area contributed by atoms with E-state index in [1.807, 2.05) is 7.05 Å². The van der Waals surface area contributed by atoms with Gasteiger partial charge < -0.3 is 0 Å². The van der Waals surface area contributed by atoms with E-state index in [0.29, 0.717) is 0 Å². The highest BCUT2D eigenvalue weighted by molar-refractivity contribution is 5.25. The molecule has 0 saturated heterocycles. The first-order chi connectivity index (χ1) is 8.74. The van der Waals surface area contributed by atoms with Crippen LogP contribution < -0.4 is 11.3 Å². The monoisotopic (exact) mass is 245 g/mol. The van der Waals surface area contributed by atoms with E-state index in [2.05, 4.69) is 46.7 Å². The lowest BCUT2D eigenvalue weighted by Crippen LogP contribution is -2.30.